The average molecular weight is 354 g/mol. The normalized spacial score (nSPS) is 15.8. The fourth-order valence-corrected chi connectivity index (χ4v) is 3.80. The average Bonchev–Trinajstić information content (AvgIpc) is 3.01. The number of aromatic amines is 1. The standard InChI is InChI=1S/C20H19FN2O3/c21-16-6-5-12(9-13(16)11-24)19(20(25)26)23-8-7-18-15(10-23)14-3-1-2-4-17(14)22-18/h1-6,9,19,22,24H,7-8,10-11H2,(H,25,26)/t19-/m1/s1. The van der Waals surface area contributed by atoms with E-state index in [1.165, 1.54) is 18.2 Å². The van der Waals surface area contributed by atoms with Crippen LogP contribution in [0.5, 0.6) is 0 Å². The topological polar surface area (TPSA) is 76.6 Å². The van der Waals surface area contributed by atoms with Gasteiger partial charge in [-0.2, -0.15) is 0 Å². The first kappa shape index (κ1) is 16.8. The summed E-state index contributed by atoms with van der Waals surface area (Å²) < 4.78 is 13.7. The van der Waals surface area contributed by atoms with Crippen LogP contribution in [0.15, 0.2) is 42.5 Å². The van der Waals surface area contributed by atoms with Gasteiger partial charge in [0, 0.05) is 41.7 Å². The van der Waals surface area contributed by atoms with Crippen molar-refractivity contribution in [1.29, 1.82) is 0 Å². The number of nitrogens with zero attached hydrogens (tertiary/aromatic N) is 1. The Balaban J connectivity index is 1.72. The minimum atomic E-state index is -0.983. The number of hydrogen-bond donors (Lipinski definition) is 3. The molecule has 0 saturated heterocycles. The highest BCUT2D eigenvalue weighted by molar-refractivity contribution is 5.85. The lowest BCUT2D eigenvalue weighted by atomic mass is 9.98. The Kier molecular flexibility index (Phi) is 4.22. The van der Waals surface area contributed by atoms with Crippen molar-refractivity contribution in [2.24, 2.45) is 0 Å². The van der Waals surface area contributed by atoms with Crippen molar-refractivity contribution in [3.63, 3.8) is 0 Å². The van der Waals surface area contributed by atoms with Crippen molar-refractivity contribution >= 4 is 16.9 Å². The van der Waals surface area contributed by atoms with Crippen LogP contribution in [0.3, 0.4) is 0 Å². The van der Waals surface area contributed by atoms with Crippen LogP contribution in [-0.2, 0) is 24.4 Å². The first-order valence-electron chi connectivity index (χ1n) is 8.53. The molecule has 0 spiro atoms. The largest absolute Gasteiger partial charge is 0.480 e. The summed E-state index contributed by atoms with van der Waals surface area (Å²) in [6, 6.07) is 11.2. The number of H-pyrrole nitrogens is 1. The molecule has 0 aliphatic carbocycles. The van der Waals surface area contributed by atoms with Gasteiger partial charge in [-0.05, 0) is 29.3 Å². The summed E-state index contributed by atoms with van der Waals surface area (Å²) in [5.74, 6) is -1.51. The van der Waals surface area contributed by atoms with Crippen molar-refractivity contribution in [3.8, 4) is 0 Å². The van der Waals surface area contributed by atoms with Crippen LogP contribution in [0, 0.1) is 5.82 Å². The summed E-state index contributed by atoms with van der Waals surface area (Å²) >= 11 is 0. The number of rotatable bonds is 4. The number of carboxylic acid groups (broad SMARTS) is 1. The van der Waals surface area contributed by atoms with Gasteiger partial charge < -0.3 is 15.2 Å². The zero-order valence-corrected chi connectivity index (χ0v) is 14.1. The molecule has 26 heavy (non-hydrogen) atoms. The Hall–Kier alpha value is -2.70. The first-order valence-corrected chi connectivity index (χ1v) is 8.53. The van der Waals surface area contributed by atoms with Crippen molar-refractivity contribution in [2.75, 3.05) is 6.54 Å². The molecule has 1 aliphatic heterocycles. The summed E-state index contributed by atoms with van der Waals surface area (Å²) in [4.78, 5) is 17.3. The lowest BCUT2D eigenvalue weighted by Gasteiger charge is -2.32. The van der Waals surface area contributed by atoms with Crippen molar-refractivity contribution in [1.82, 2.24) is 9.88 Å². The number of hydrogen-bond acceptors (Lipinski definition) is 3. The number of carboxylic acids is 1. The lowest BCUT2D eigenvalue weighted by molar-refractivity contribution is -0.144. The summed E-state index contributed by atoms with van der Waals surface area (Å²) in [7, 11) is 0. The van der Waals surface area contributed by atoms with Gasteiger partial charge in [0.15, 0.2) is 0 Å². The molecule has 0 bridgehead atoms. The van der Waals surface area contributed by atoms with E-state index in [2.05, 4.69) is 4.98 Å². The molecule has 0 saturated carbocycles. The fourth-order valence-electron chi connectivity index (χ4n) is 3.80. The van der Waals surface area contributed by atoms with E-state index in [4.69, 9.17) is 0 Å². The number of halogens is 1. The molecule has 0 fully saturated rings. The first-order chi connectivity index (χ1) is 12.6. The van der Waals surface area contributed by atoms with Crippen LogP contribution < -0.4 is 0 Å². The third-order valence-electron chi connectivity index (χ3n) is 5.07. The van der Waals surface area contributed by atoms with Gasteiger partial charge in [0.1, 0.15) is 11.9 Å². The van der Waals surface area contributed by atoms with Gasteiger partial charge in [-0.3, -0.25) is 9.69 Å². The van der Waals surface area contributed by atoms with E-state index in [9.17, 15) is 19.4 Å². The number of aliphatic hydroxyl groups is 1. The van der Waals surface area contributed by atoms with Crippen LogP contribution in [0.25, 0.3) is 10.9 Å². The summed E-state index contributed by atoms with van der Waals surface area (Å²) in [6.45, 7) is 0.628. The highest BCUT2D eigenvalue weighted by Gasteiger charge is 2.32. The van der Waals surface area contributed by atoms with Crippen molar-refractivity contribution in [2.45, 2.75) is 25.6 Å². The molecule has 0 unspecified atom stereocenters. The Morgan fingerprint density at radius 3 is 2.85 bits per heavy atom. The molecule has 4 rings (SSSR count). The van der Waals surface area contributed by atoms with Crippen LogP contribution in [0.1, 0.15) is 28.4 Å². The SMILES string of the molecule is O=C(O)[C@@H](c1ccc(F)c(CO)c1)N1CCc2[nH]c3ccccc3c2C1. The van der Waals surface area contributed by atoms with Gasteiger partial charge in [0.05, 0.1) is 6.61 Å². The van der Waals surface area contributed by atoms with Gasteiger partial charge in [0.2, 0.25) is 0 Å². The molecule has 2 aromatic carbocycles. The molecule has 0 amide bonds. The van der Waals surface area contributed by atoms with Crippen LogP contribution in [0.4, 0.5) is 4.39 Å². The Bertz CT molecular complexity index is 982. The zero-order valence-electron chi connectivity index (χ0n) is 14.1. The van der Waals surface area contributed by atoms with E-state index in [0.717, 1.165) is 28.6 Å². The number of aromatic nitrogens is 1. The molecule has 1 atom stereocenters. The van der Waals surface area contributed by atoms with Gasteiger partial charge >= 0.3 is 5.97 Å². The maximum absolute atomic E-state index is 13.7. The molecule has 3 N–H and O–H groups in total. The van der Waals surface area contributed by atoms with E-state index in [1.54, 1.807) is 0 Å². The minimum absolute atomic E-state index is 0.110. The number of fused-ring (bicyclic) bond motifs is 3. The van der Waals surface area contributed by atoms with Crippen LogP contribution in [-0.4, -0.2) is 32.6 Å². The van der Waals surface area contributed by atoms with Gasteiger partial charge in [-0.1, -0.05) is 24.3 Å². The Morgan fingerprint density at radius 1 is 1.27 bits per heavy atom. The predicted octanol–water partition coefficient (Wildman–Crippen LogP) is 2.98. The summed E-state index contributed by atoms with van der Waals surface area (Å²) in [6.07, 6.45) is 0.724. The van der Waals surface area contributed by atoms with Crippen molar-refractivity contribution < 1.29 is 19.4 Å². The number of aliphatic hydroxyl groups excluding tert-OH is 1. The number of para-hydroxylation sites is 1. The van der Waals surface area contributed by atoms with E-state index < -0.39 is 24.4 Å². The zero-order chi connectivity index (χ0) is 18.3. The highest BCUT2D eigenvalue weighted by atomic mass is 19.1. The number of aliphatic carboxylic acids is 1. The molecular weight excluding hydrogens is 335 g/mol. The maximum atomic E-state index is 13.7. The smallest absolute Gasteiger partial charge is 0.325 e. The molecule has 3 aromatic rings. The second-order valence-corrected chi connectivity index (χ2v) is 6.60. The van der Waals surface area contributed by atoms with Crippen LogP contribution >= 0.6 is 0 Å². The molecule has 2 heterocycles. The number of carbonyl (C=O) groups is 1. The van der Waals surface area contributed by atoms with Gasteiger partial charge in [-0.25, -0.2) is 4.39 Å². The molecular formula is C20H19FN2O3. The van der Waals surface area contributed by atoms with E-state index in [-0.39, 0.29) is 5.56 Å². The second kappa shape index (κ2) is 6.55. The molecule has 6 heteroatoms. The molecule has 134 valence electrons. The molecule has 1 aliphatic rings. The monoisotopic (exact) mass is 354 g/mol. The molecule has 5 nitrogen and oxygen atoms in total. The van der Waals surface area contributed by atoms with E-state index in [0.29, 0.717) is 18.7 Å². The van der Waals surface area contributed by atoms with Gasteiger partial charge in [0.25, 0.3) is 0 Å². The lowest BCUT2D eigenvalue weighted by Crippen LogP contribution is -2.38. The summed E-state index contributed by atoms with van der Waals surface area (Å²) in [5, 5.41) is 20.2. The third-order valence-corrected chi connectivity index (χ3v) is 5.07. The third kappa shape index (κ3) is 2.77. The minimum Gasteiger partial charge on any atom is -0.480 e. The number of benzene rings is 2. The fraction of sp³-hybridized carbons (Fsp3) is 0.250. The van der Waals surface area contributed by atoms with Crippen molar-refractivity contribution in [3.05, 3.63) is 70.7 Å². The summed E-state index contributed by atoms with van der Waals surface area (Å²) in [5.41, 5.74) is 3.89. The highest BCUT2D eigenvalue weighted by Crippen LogP contribution is 2.33. The molecule has 0 radical (unpaired) electrons. The Morgan fingerprint density at radius 2 is 2.08 bits per heavy atom. The Labute approximate surface area is 149 Å². The van der Waals surface area contributed by atoms with E-state index >= 15 is 0 Å². The predicted molar refractivity (Wildman–Crippen MR) is 95.1 cm³/mol. The maximum Gasteiger partial charge on any atom is 0.325 e. The second-order valence-electron chi connectivity index (χ2n) is 6.60. The quantitative estimate of drug-likeness (QED) is 0.673. The number of nitrogens with one attached hydrogen (secondary N) is 1. The molecule has 1 aromatic heterocycles. The van der Waals surface area contributed by atoms with E-state index in [1.807, 2.05) is 29.2 Å². The van der Waals surface area contributed by atoms with Gasteiger partial charge in [-0.15, -0.1) is 0 Å². The van der Waals surface area contributed by atoms with Crippen LogP contribution in [0.2, 0.25) is 0 Å².